The van der Waals surface area contributed by atoms with Gasteiger partial charge in [0.25, 0.3) is 5.91 Å². The number of anilines is 2. The predicted octanol–water partition coefficient (Wildman–Crippen LogP) is 6.06. The molecule has 3 aromatic rings. The van der Waals surface area contributed by atoms with Crippen molar-refractivity contribution in [3.05, 3.63) is 87.2 Å². The van der Waals surface area contributed by atoms with Gasteiger partial charge in [0, 0.05) is 45.0 Å². The summed E-state index contributed by atoms with van der Waals surface area (Å²) >= 11 is 13.0. The molecule has 0 aromatic heterocycles. The van der Waals surface area contributed by atoms with Gasteiger partial charge in [-0.25, -0.2) is 9.18 Å². The largest absolute Gasteiger partial charge is 0.497 e. The van der Waals surface area contributed by atoms with Gasteiger partial charge in [-0.2, -0.15) is 0 Å². The first kappa shape index (κ1) is 30.9. The molecular weight excluding hydrogens is 592 g/mol. The molecule has 0 aliphatic carbocycles. The van der Waals surface area contributed by atoms with E-state index in [1.807, 2.05) is 41.3 Å². The number of carbonyl (C=O) groups is 2. The van der Waals surface area contributed by atoms with Gasteiger partial charge in [-0.3, -0.25) is 9.69 Å². The van der Waals surface area contributed by atoms with Gasteiger partial charge < -0.3 is 25.2 Å². The van der Waals surface area contributed by atoms with Crippen LogP contribution in [0.25, 0.3) is 0 Å². The normalized spacial score (nSPS) is 15.4. The Bertz CT molecular complexity index is 1420. The maximum absolute atomic E-state index is 15.0. The van der Waals surface area contributed by atoms with Gasteiger partial charge >= 0.3 is 6.03 Å². The SMILES string of the molecule is COc1ccc(CCNC(=O)c2ccc(N3CCN(C(=O)Nc4c(Cl)cc(CN5CCCC5)cc4Cl)CC3)cc2F)cc1. The van der Waals surface area contributed by atoms with Crippen LogP contribution >= 0.6 is 23.2 Å². The fourth-order valence-electron chi connectivity index (χ4n) is 5.48. The van der Waals surface area contributed by atoms with Crippen molar-refractivity contribution in [1.29, 1.82) is 0 Å². The first-order valence-corrected chi connectivity index (χ1v) is 15.3. The number of benzene rings is 3. The summed E-state index contributed by atoms with van der Waals surface area (Å²) in [5.41, 5.74) is 3.12. The van der Waals surface area contributed by atoms with Crippen LogP contribution in [0.15, 0.2) is 54.6 Å². The fraction of sp³-hybridized carbons (Fsp3) is 0.375. The van der Waals surface area contributed by atoms with Gasteiger partial charge in [-0.15, -0.1) is 0 Å². The van der Waals surface area contributed by atoms with Crippen LogP contribution < -0.4 is 20.3 Å². The topological polar surface area (TPSA) is 77.1 Å². The van der Waals surface area contributed by atoms with E-state index in [9.17, 15) is 14.0 Å². The van der Waals surface area contributed by atoms with E-state index in [1.165, 1.54) is 25.0 Å². The van der Waals surface area contributed by atoms with E-state index in [0.29, 0.717) is 60.6 Å². The number of halogens is 3. The Morgan fingerprint density at radius 1 is 0.884 bits per heavy atom. The summed E-state index contributed by atoms with van der Waals surface area (Å²) in [7, 11) is 1.61. The number of likely N-dealkylation sites (tertiary alicyclic amines) is 1. The molecular formula is C32H36Cl2FN5O3. The van der Waals surface area contributed by atoms with Crippen LogP contribution in [0.3, 0.4) is 0 Å². The molecule has 11 heteroatoms. The quantitative estimate of drug-likeness (QED) is 0.301. The van der Waals surface area contributed by atoms with E-state index in [4.69, 9.17) is 27.9 Å². The molecule has 3 aromatic carbocycles. The van der Waals surface area contributed by atoms with Crippen molar-refractivity contribution < 1.29 is 18.7 Å². The molecule has 2 heterocycles. The minimum atomic E-state index is -0.586. The third-order valence-electron chi connectivity index (χ3n) is 7.93. The van der Waals surface area contributed by atoms with Gasteiger partial charge in [0.2, 0.25) is 0 Å². The predicted molar refractivity (Wildman–Crippen MR) is 169 cm³/mol. The van der Waals surface area contributed by atoms with Gasteiger partial charge in [0.15, 0.2) is 0 Å². The lowest BCUT2D eigenvalue weighted by atomic mass is 10.1. The first-order chi connectivity index (χ1) is 20.8. The zero-order valence-corrected chi connectivity index (χ0v) is 25.7. The number of nitrogens with one attached hydrogen (secondary N) is 2. The van der Waals surface area contributed by atoms with E-state index >= 15 is 0 Å². The van der Waals surface area contributed by atoms with E-state index in [0.717, 1.165) is 36.5 Å². The summed E-state index contributed by atoms with van der Waals surface area (Å²) in [6.45, 7) is 5.19. The summed E-state index contributed by atoms with van der Waals surface area (Å²) < 4.78 is 20.1. The molecule has 3 amide bonds. The van der Waals surface area contributed by atoms with E-state index in [2.05, 4.69) is 15.5 Å². The number of ether oxygens (including phenoxy) is 1. The molecule has 2 saturated heterocycles. The third kappa shape index (κ3) is 7.90. The molecule has 0 saturated carbocycles. The Kier molecular flexibility index (Phi) is 10.3. The van der Waals surface area contributed by atoms with Gasteiger partial charge in [0.1, 0.15) is 11.6 Å². The number of urea groups is 1. The molecule has 0 radical (unpaired) electrons. The second-order valence-corrected chi connectivity index (χ2v) is 11.7. The summed E-state index contributed by atoms with van der Waals surface area (Å²) in [6, 6.07) is 15.6. The molecule has 0 atom stereocenters. The van der Waals surface area contributed by atoms with Crippen LogP contribution in [-0.4, -0.2) is 74.7 Å². The lowest BCUT2D eigenvalue weighted by Gasteiger charge is -2.36. The van der Waals surface area contributed by atoms with Crippen molar-refractivity contribution in [1.82, 2.24) is 15.1 Å². The minimum Gasteiger partial charge on any atom is -0.497 e. The molecule has 0 spiro atoms. The van der Waals surface area contributed by atoms with Crippen molar-refractivity contribution in [2.24, 2.45) is 0 Å². The number of amides is 3. The monoisotopic (exact) mass is 627 g/mol. The molecule has 2 fully saturated rings. The maximum atomic E-state index is 15.0. The molecule has 43 heavy (non-hydrogen) atoms. The Morgan fingerprint density at radius 3 is 2.19 bits per heavy atom. The van der Waals surface area contributed by atoms with Gasteiger partial charge in [-0.05, 0) is 85.9 Å². The van der Waals surface area contributed by atoms with Crippen molar-refractivity contribution >= 4 is 46.5 Å². The lowest BCUT2D eigenvalue weighted by molar-refractivity contribution is 0.0950. The number of nitrogens with zero attached hydrogens (tertiary/aromatic N) is 3. The van der Waals surface area contributed by atoms with Crippen LogP contribution in [0.4, 0.5) is 20.6 Å². The molecule has 228 valence electrons. The lowest BCUT2D eigenvalue weighted by Crippen LogP contribution is -2.50. The number of carbonyl (C=O) groups excluding carboxylic acids is 2. The van der Waals surface area contributed by atoms with Gasteiger partial charge in [0.05, 0.1) is 28.4 Å². The van der Waals surface area contributed by atoms with Crippen LogP contribution in [0.1, 0.15) is 34.3 Å². The van der Waals surface area contributed by atoms with Crippen molar-refractivity contribution in [3.8, 4) is 5.75 Å². The molecule has 2 aliphatic rings. The highest BCUT2D eigenvalue weighted by atomic mass is 35.5. The van der Waals surface area contributed by atoms with E-state index in [-0.39, 0.29) is 11.6 Å². The second-order valence-electron chi connectivity index (χ2n) is 10.8. The number of piperazine rings is 1. The molecule has 0 unspecified atom stereocenters. The summed E-state index contributed by atoms with van der Waals surface area (Å²) in [4.78, 5) is 31.7. The molecule has 8 nitrogen and oxygen atoms in total. The van der Waals surface area contributed by atoms with Crippen LogP contribution in [0.5, 0.6) is 5.75 Å². The fourth-order valence-corrected chi connectivity index (χ4v) is 6.11. The zero-order chi connectivity index (χ0) is 30.3. The van der Waals surface area contributed by atoms with Gasteiger partial charge in [-0.1, -0.05) is 35.3 Å². The molecule has 2 N–H and O–H groups in total. The molecule has 5 rings (SSSR count). The average molecular weight is 629 g/mol. The van der Waals surface area contributed by atoms with Crippen LogP contribution in [0.2, 0.25) is 10.0 Å². The Hall–Kier alpha value is -3.53. The smallest absolute Gasteiger partial charge is 0.322 e. The minimum absolute atomic E-state index is 0.00306. The van der Waals surface area contributed by atoms with E-state index in [1.54, 1.807) is 18.1 Å². The molecule has 2 aliphatic heterocycles. The van der Waals surface area contributed by atoms with Crippen LogP contribution in [-0.2, 0) is 13.0 Å². The van der Waals surface area contributed by atoms with Crippen molar-refractivity contribution in [2.45, 2.75) is 25.8 Å². The number of methoxy groups -OCH3 is 1. The zero-order valence-electron chi connectivity index (χ0n) is 24.2. The Balaban J connectivity index is 1.10. The third-order valence-corrected chi connectivity index (χ3v) is 8.52. The first-order valence-electron chi connectivity index (χ1n) is 14.5. The summed E-state index contributed by atoms with van der Waals surface area (Å²) in [5.74, 6) is -0.277. The highest BCUT2D eigenvalue weighted by Gasteiger charge is 2.24. The summed E-state index contributed by atoms with van der Waals surface area (Å²) in [6.07, 6.45) is 3.02. The Morgan fingerprint density at radius 2 is 1.56 bits per heavy atom. The van der Waals surface area contributed by atoms with Crippen molar-refractivity contribution in [3.63, 3.8) is 0 Å². The maximum Gasteiger partial charge on any atom is 0.322 e. The number of hydrogen-bond acceptors (Lipinski definition) is 5. The highest BCUT2D eigenvalue weighted by molar-refractivity contribution is 6.39. The van der Waals surface area contributed by atoms with E-state index < -0.39 is 11.7 Å². The average Bonchev–Trinajstić information content (AvgIpc) is 3.52. The van der Waals surface area contributed by atoms with Crippen LogP contribution in [0, 0.1) is 5.82 Å². The van der Waals surface area contributed by atoms with Crippen molar-refractivity contribution in [2.75, 3.05) is 63.1 Å². The standard InChI is InChI=1S/C32H36Cl2FN5O3/c1-43-25-7-4-22(5-8-25)10-11-36-31(41)26-9-6-24(20-29(26)35)39-14-16-40(17-15-39)32(42)37-30-27(33)18-23(19-28(30)34)21-38-12-2-3-13-38/h4-9,18-20H,2-3,10-17,21H2,1H3,(H,36,41)(H,37,42). The number of hydrogen-bond donors (Lipinski definition) is 2. The number of rotatable bonds is 9. The Labute approximate surface area is 261 Å². The highest BCUT2D eigenvalue weighted by Crippen LogP contribution is 2.33. The molecule has 0 bridgehead atoms. The summed E-state index contributed by atoms with van der Waals surface area (Å²) in [5, 5.41) is 6.47. The second kappa shape index (κ2) is 14.3.